The van der Waals surface area contributed by atoms with E-state index in [0.717, 1.165) is 44.3 Å². The maximum atomic E-state index is 9.28. The van der Waals surface area contributed by atoms with Gasteiger partial charge in [-0.05, 0) is 55.0 Å². The lowest BCUT2D eigenvalue weighted by atomic mass is 10.0. The highest BCUT2D eigenvalue weighted by Crippen LogP contribution is 2.31. The third-order valence-electron chi connectivity index (χ3n) is 5.03. The molecule has 0 unspecified atom stereocenters. The maximum absolute atomic E-state index is 9.28. The molecule has 5 aromatic rings. The van der Waals surface area contributed by atoms with Crippen LogP contribution in [-0.2, 0) is 0 Å². The van der Waals surface area contributed by atoms with Crippen molar-refractivity contribution in [2.24, 2.45) is 0 Å². The zero-order chi connectivity index (χ0) is 20.0. The van der Waals surface area contributed by atoms with E-state index in [2.05, 4.69) is 22.1 Å². The first-order valence-corrected chi connectivity index (χ1v) is 9.14. The normalized spacial score (nSPS) is 11.0. The van der Waals surface area contributed by atoms with Crippen molar-refractivity contribution < 1.29 is 0 Å². The number of nitrogens with two attached hydrogens (primary N) is 1. The molecule has 2 aromatic carbocycles. The number of benzene rings is 2. The van der Waals surface area contributed by atoms with Crippen LogP contribution < -0.4 is 5.73 Å². The van der Waals surface area contributed by atoms with E-state index in [1.807, 2.05) is 54.2 Å². The molecule has 138 valence electrons. The van der Waals surface area contributed by atoms with E-state index in [-0.39, 0.29) is 0 Å². The fraction of sp³-hybridized carbons (Fsp3) is 0.0435. The predicted molar refractivity (Wildman–Crippen MR) is 113 cm³/mol. The van der Waals surface area contributed by atoms with Crippen LogP contribution in [0, 0.1) is 18.3 Å². The van der Waals surface area contributed by atoms with E-state index in [9.17, 15) is 5.26 Å². The largest absolute Gasteiger partial charge is 0.384 e. The van der Waals surface area contributed by atoms with E-state index in [1.165, 1.54) is 0 Å². The van der Waals surface area contributed by atoms with Gasteiger partial charge in [0.2, 0.25) is 0 Å². The number of nitrogen functional groups attached to an aromatic ring is 1. The van der Waals surface area contributed by atoms with Crippen LogP contribution in [0.1, 0.15) is 11.3 Å². The Labute approximate surface area is 166 Å². The summed E-state index contributed by atoms with van der Waals surface area (Å²) in [6.07, 6.45) is 3.62. The molecular formula is C23H16N6. The molecule has 0 aliphatic heterocycles. The van der Waals surface area contributed by atoms with Gasteiger partial charge in [-0.15, -0.1) is 0 Å². The van der Waals surface area contributed by atoms with Gasteiger partial charge in [0, 0.05) is 28.7 Å². The second-order valence-electron chi connectivity index (χ2n) is 6.88. The number of hydrogen-bond acceptors (Lipinski definition) is 5. The third kappa shape index (κ3) is 2.77. The Morgan fingerprint density at radius 3 is 2.59 bits per heavy atom. The second kappa shape index (κ2) is 6.43. The number of rotatable bonds is 2. The summed E-state index contributed by atoms with van der Waals surface area (Å²) in [6.45, 7) is 1.97. The minimum atomic E-state index is 0.490. The summed E-state index contributed by atoms with van der Waals surface area (Å²) >= 11 is 0. The van der Waals surface area contributed by atoms with Gasteiger partial charge < -0.3 is 5.73 Å². The summed E-state index contributed by atoms with van der Waals surface area (Å²) in [7, 11) is 0. The van der Waals surface area contributed by atoms with Crippen molar-refractivity contribution in [2.45, 2.75) is 6.92 Å². The Morgan fingerprint density at radius 1 is 0.931 bits per heavy atom. The van der Waals surface area contributed by atoms with Crippen molar-refractivity contribution in [3.05, 3.63) is 78.2 Å². The number of hydrogen-bond donors (Lipinski definition) is 1. The van der Waals surface area contributed by atoms with Crippen LogP contribution >= 0.6 is 0 Å². The van der Waals surface area contributed by atoms with Crippen LogP contribution in [0.5, 0.6) is 0 Å². The van der Waals surface area contributed by atoms with E-state index in [0.29, 0.717) is 11.4 Å². The zero-order valence-electron chi connectivity index (χ0n) is 15.7. The van der Waals surface area contributed by atoms with Gasteiger partial charge in [-0.25, -0.2) is 9.67 Å². The average Bonchev–Trinajstić information content (AvgIpc) is 3.11. The molecule has 2 N–H and O–H groups in total. The number of nitriles is 1. The zero-order valence-corrected chi connectivity index (χ0v) is 15.7. The van der Waals surface area contributed by atoms with Gasteiger partial charge in [-0.3, -0.25) is 4.98 Å². The van der Waals surface area contributed by atoms with Gasteiger partial charge in [0.05, 0.1) is 34.0 Å². The minimum Gasteiger partial charge on any atom is -0.384 e. The predicted octanol–water partition coefficient (Wildman–Crippen LogP) is 4.40. The summed E-state index contributed by atoms with van der Waals surface area (Å²) in [4.78, 5) is 8.82. The molecule has 0 amide bonds. The van der Waals surface area contributed by atoms with Crippen LogP contribution in [0.4, 0.5) is 5.82 Å². The van der Waals surface area contributed by atoms with E-state index < -0.39 is 0 Å². The molecular weight excluding hydrogens is 360 g/mol. The molecule has 0 atom stereocenters. The Hall–Kier alpha value is -4.24. The highest BCUT2D eigenvalue weighted by atomic mass is 15.3. The highest BCUT2D eigenvalue weighted by Gasteiger charge is 2.14. The van der Waals surface area contributed by atoms with Crippen molar-refractivity contribution in [3.8, 4) is 22.9 Å². The second-order valence-corrected chi connectivity index (χ2v) is 6.88. The summed E-state index contributed by atoms with van der Waals surface area (Å²) < 4.78 is 1.89. The minimum absolute atomic E-state index is 0.490. The average molecular weight is 376 g/mol. The maximum Gasteiger partial charge on any atom is 0.123 e. The van der Waals surface area contributed by atoms with Crippen molar-refractivity contribution in [2.75, 3.05) is 5.73 Å². The Balaban J connectivity index is 1.82. The van der Waals surface area contributed by atoms with Crippen molar-refractivity contribution in [3.63, 3.8) is 0 Å². The Morgan fingerprint density at radius 2 is 1.79 bits per heavy atom. The monoisotopic (exact) mass is 376 g/mol. The number of aryl methyl sites for hydroxylation is 1. The summed E-state index contributed by atoms with van der Waals surface area (Å²) in [5.74, 6) is 0.490. The highest BCUT2D eigenvalue weighted by molar-refractivity contribution is 6.06. The van der Waals surface area contributed by atoms with Crippen LogP contribution in [-0.4, -0.2) is 19.7 Å². The standard InChI is InChI=1S/C23H16N6/c1-14-20-13-26-21-7-5-16(17-6-8-22(25)27-12-17)10-19(21)23(20)29(28-14)18-4-2-3-15(9-18)11-24/h2-10,12-13H,1H3,(H2,25,27). The first-order valence-electron chi connectivity index (χ1n) is 9.14. The van der Waals surface area contributed by atoms with Gasteiger partial charge in [-0.2, -0.15) is 10.4 Å². The van der Waals surface area contributed by atoms with Gasteiger partial charge in [0.15, 0.2) is 0 Å². The van der Waals surface area contributed by atoms with Gasteiger partial charge in [0.1, 0.15) is 5.82 Å². The van der Waals surface area contributed by atoms with E-state index in [4.69, 9.17) is 10.8 Å². The number of nitrogens with zero attached hydrogens (tertiary/aromatic N) is 5. The topological polar surface area (TPSA) is 93.4 Å². The van der Waals surface area contributed by atoms with Crippen LogP contribution in [0.15, 0.2) is 67.0 Å². The Kier molecular flexibility index (Phi) is 3.75. The van der Waals surface area contributed by atoms with Crippen molar-refractivity contribution in [1.82, 2.24) is 19.7 Å². The van der Waals surface area contributed by atoms with Crippen molar-refractivity contribution >= 4 is 27.6 Å². The first kappa shape index (κ1) is 16.9. The SMILES string of the molecule is Cc1nn(-c2cccc(C#N)c2)c2c1cnc1ccc(-c3ccc(N)nc3)cc12. The van der Waals surface area contributed by atoms with Gasteiger partial charge in [-0.1, -0.05) is 12.1 Å². The summed E-state index contributed by atoms with van der Waals surface area (Å²) in [6, 6.07) is 19.5. The van der Waals surface area contributed by atoms with E-state index in [1.54, 1.807) is 18.3 Å². The lowest BCUT2D eigenvalue weighted by Crippen LogP contribution is -1.98. The van der Waals surface area contributed by atoms with Crippen LogP contribution in [0.2, 0.25) is 0 Å². The van der Waals surface area contributed by atoms with Gasteiger partial charge in [0.25, 0.3) is 0 Å². The summed E-state index contributed by atoms with van der Waals surface area (Å²) in [5.41, 5.74) is 11.9. The number of pyridine rings is 2. The number of aromatic nitrogens is 4. The molecule has 0 spiro atoms. The molecule has 0 fully saturated rings. The lowest BCUT2D eigenvalue weighted by molar-refractivity contribution is 0.891. The first-order chi connectivity index (χ1) is 14.1. The van der Waals surface area contributed by atoms with Crippen LogP contribution in [0.25, 0.3) is 38.6 Å². The quantitative estimate of drug-likeness (QED) is 0.493. The molecule has 29 heavy (non-hydrogen) atoms. The molecule has 0 radical (unpaired) electrons. The summed E-state index contributed by atoms with van der Waals surface area (Å²) in [5, 5.41) is 16.0. The number of fused-ring (bicyclic) bond motifs is 3. The number of anilines is 1. The van der Waals surface area contributed by atoms with Gasteiger partial charge >= 0.3 is 0 Å². The van der Waals surface area contributed by atoms with Crippen molar-refractivity contribution in [1.29, 1.82) is 5.26 Å². The third-order valence-corrected chi connectivity index (χ3v) is 5.03. The fourth-order valence-corrected chi connectivity index (χ4v) is 3.58. The smallest absolute Gasteiger partial charge is 0.123 e. The molecule has 3 heterocycles. The molecule has 3 aromatic heterocycles. The van der Waals surface area contributed by atoms with E-state index >= 15 is 0 Å². The Bertz CT molecular complexity index is 1420. The molecule has 6 heteroatoms. The molecule has 5 rings (SSSR count). The molecule has 0 saturated carbocycles. The fourth-order valence-electron chi connectivity index (χ4n) is 3.58. The molecule has 0 aliphatic rings. The molecule has 0 aliphatic carbocycles. The van der Waals surface area contributed by atoms with Crippen LogP contribution in [0.3, 0.4) is 0 Å². The lowest BCUT2D eigenvalue weighted by Gasteiger charge is -2.08. The molecule has 6 nitrogen and oxygen atoms in total. The molecule has 0 saturated heterocycles. The molecule has 0 bridgehead atoms.